The minimum absolute atomic E-state index is 0.00193. The van der Waals surface area contributed by atoms with Crippen LogP contribution in [0, 0.1) is 0 Å². The molecule has 6 heteroatoms. The third kappa shape index (κ3) is 2.96. The Balaban J connectivity index is 2.34. The molecule has 3 N–H and O–H groups in total. The number of pyridine rings is 1. The quantitative estimate of drug-likeness (QED) is 0.849. The number of carbonyl (C=O) groups excluding carboxylic acids is 1. The number of amides is 1. The fourth-order valence-corrected chi connectivity index (χ4v) is 2.02. The molecule has 1 aromatic carbocycles. The van der Waals surface area contributed by atoms with Crippen molar-refractivity contribution in [2.45, 2.75) is 0 Å². The summed E-state index contributed by atoms with van der Waals surface area (Å²) in [5, 5.41) is 3.95. The van der Waals surface area contributed by atoms with E-state index < -0.39 is 0 Å². The Bertz CT molecular complexity index is 627. The maximum Gasteiger partial charge on any atom is 0.241 e. The van der Waals surface area contributed by atoms with E-state index in [4.69, 9.17) is 5.73 Å². The first-order valence-corrected chi connectivity index (χ1v) is 6.56. The van der Waals surface area contributed by atoms with Gasteiger partial charge < -0.3 is 16.0 Å². The highest BCUT2D eigenvalue weighted by Crippen LogP contribution is 2.28. The van der Waals surface area contributed by atoms with Gasteiger partial charge in [-0.05, 0) is 34.1 Å². The molecule has 2 rings (SSSR count). The molecule has 19 heavy (non-hydrogen) atoms. The fraction of sp³-hybridized carbons (Fsp3) is 0.231. The fourth-order valence-electron chi connectivity index (χ4n) is 1.69. The lowest BCUT2D eigenvalue weighted by atomic mass is 10.1. The van der Waals surface area contributed by atoms with Gasteiger partial charge in [0.15, 0.2) is 0 Å². The molecular formula is C13H15BrN4O. The molecule has 0 radical (unpaired) electrons. The Morgan fingerprint density at radius 3 is 2.89 bits per heavy atom. The molecule has 0 bridgehead atoms. The minimum atomic E-state index is 0.00193. The van der Waals surface area contributed by atoms with Crippen molar-refractivity contribution < 1.29 is 4.79 Å². The molecule has 0 spiro atoms. The number of nitrogens with one attached hydrogen (secondary N) is 1. The van der Waals surface area contributed by atoms with Crippen LogP contribution in [0.2, 0.25) is 0 Å². The number of likely N-dealkylation sites (N-methyl/N-ethyl adjacent to an activating group) is 1. The molecule has 0 fully saturated rings. The number of aromatic nitrogens is 1. The number of fused-ring (bicyclic) bond motifs is 1. The van der Waals surface area contributed by atoms with Crippen LogP contribution in [-0.2, 0) is 4.79 Å². The minimum Gasteiger partial charge on any atom is -0.398 e. The number of nitrogens with two attached hydrogens (primary N) is 1. The third-order valence-electron chi connectivity index (χ3n) is 2.78. The van der Waals surface area contributed by atoms with Crippen molar-refractivity contribution in [2.24, 2.45) is 0 Å². The number of nitrogen functional groups attached to an aromatic ring is 1. The van der Waals surface area contributed by atoms with E-state index >= 15 is 0 Å². The van der Waals surface area contributed by atoms with Crippen LogP contribution >= 0.6 is 15.9 Å². The Hall–Kier alpha value is -1.82. The summed E-state index contributed by atoms with van der Waals surface area (Å²) in [6.45, 7) is 0.226. The molecule has 100 valence electrons. The molecule has 2 aromatic rings. The number of rotatable bonds is 3. The van der Waals surface area contributed by atoms with Crippen molar-refractivity contribution in [1.82, 2.24) is 9.88 Å². The number of carbonyl (C=O) groups is 1. The molecule has 0 saturated carbocycles. The summed E-state index contributed by atoms with van der Waals surface area (Å²) in [6, 6.07) is 5.55. The van der Waals surface area contributed by atoms with Gasteiger partial charge >= 0.3 is 0 Å². The second-order valence-corrected chi connectivity index (χ2v) is 5.31. The van der Waals surface area contributed by atoms with Crippen molar-refractivity contribution in [2.75, 3.05) is 31.7 Å². The number of benzene rings is 1. The predicted octanol–water partition coefficient (Wildman–Crippen LogP) is 2.08. The Morgan fingerprint density at radius 1 is 1.47 bits per heavy atom. The van der Waals surface area contributed by atoms with Crippen molar-refractivity contribution in [3.05, 3.63) is 28.9 Å². The maximum absolute atomic E-state index is 11.6. The van der Waals surface area contributed by atoms with E-state index in [0.29, 0.717) is 5.69 Å². The van der Waals surface area contributed by atoms with Crippen molar-refractivity contribution >= 4 is 44.1 Å². The molecule has 0 aliphatic carbocycles. The summed E-state index contributed by atoms with van der Waals surface area (Å²) in [4.78, 5) is 17.5. The molecule has 1 aromatic heterocycles. The smallest absolute Gasteiger partial charge is 0.241 e. The normalized spacial score (nSPS) is 10.5. The number of hydrogen-bond donors (Lipinski definition) is 2. The summed E-state index contributed by atoms with van der Waals surface area (Å²) in [5.41, 5.74) is 8.15. The average Bonchev–Trinajstić information content (AvgIpc) is 2.38. The van der Waals surface area contributed by atoms with E-state index in [1.54, 1.807) is 26.4 Å². The van der Waals surface area contributed by atoms with E-state index in [1.165, 1.54) is 4.90 Å². The highest BCUT2D eigenvalue weighted by Gasteiger charge is 2.08. The molecule has 0 aliphatic rings. The van der Waals surface area contributed by atoms with Crippen molar-refractivity contribution in [3.8, 4) is 0 Å². The summed E-state index contributed by atoms with van der Waals surface area (Å²) in [6.07, 6.45) is 1.71. The summed E-state index contributed by atoms with van der Waals surface area (Å²) in [7, 11) is 3.45. The Morgan fingerprint density at radius 2 is 2.21 bits per heavy atom. The SMILES string of the molecule is CN(C)C(=O)CNc1ccc(N)c2cc(Br)cnc12. The van der Waals surface area contributed by atoms with E-state index in [0.717, 1.165) is 21.1 Å². The van der Waals surface area contributed by atoms with E-state index in [1.807, 2.05) is 12.1 Å². The second kappa shape index (κ2) is 5.44. The van der Waals surface area contributed by atoms with Crippen molar-refractivity contribution in [3.63, 3.8) is 0 Å². The Labute approximate surface area is 119 Å². The zero-order chi connectivity index (χ0) is 14.0. The summed E-state index contributed by atoms with van der Waals surface area (Å²) < 4.78 is 0.869. The van der Waals surface area contributed by atoms with Gasteiger partial charge in [-0.2, -0.15) is 0 Å². The van der Waals surface area contributed by atoms with Crippen LogP contribution in [-0.4, -0.2) is 36.4 Å². The van der Waals surface area contributed by atoms with Gasteiger partial charge in [0.2, 0.25) is 5.91 Å². The first-order chi connectivity index (χ1) is 8.99. The topological polar surface area (TPSA) is 71.2 Å². The van der Waals surface area contributed by atoms with Crippen molar-refractivity contribution in [1.29, 1.82) is 0 Å². The van der Waals surface area contributed by atoms with Crippen LogP contribution in [0.1, 0.15) is 0 Å². The van der Waals surface area contributed by atoms with Crippen LogP contribution in [0.15, 0.2) is 28.9 Å². The van der Waals surface area contributed by atoms with Gasteiger partial charge in [-0.25, -0.2) is 0 Å². The maximum atomic E-state index is 11.6. The van der Waals surface area contributed by atoms with E-state index in [9.17, 15) is 4.79 Å². The van der Waals surface area contributed by atoms with Gasteiger partial charge in [0, 0.05) is 35.8 Å². The molecule has 0 aliphatic heterocycles. The molecule has 5 nitrogen and oxygen atoms in total. The molecule has 0 unspecified atom stereocenters. The van der Waals surface area contributed by atoms with Crippen LogP contribution in [0.5, 0.6) is 0 Å². The molecule has 0 saturated heterocycles. The molecule has 0 atom stereocenters. The van der Waals surface area contributed by atoms with E-state index in [2.05, 4.69) is 26.2 Å². The van der Waals surface area contributed by atoms with Crippen LogP contribution in [0.25, 0.3) is 10.9 Å². The zero-order valence-corrected chi connectivity index (χ0v) is 12.4. The number of halogens is 1. The first kappa shape index (κ1) is 13.6. The van der Waals surface area contributed by atoms with Gasteiger partial charge in [0.1, 0.15) is 0 Å². The lowest BCUT2D eigenvalue weighted by Gasteiger charge is -2.13. The predicted molar refractivity (Wildman–Crippen MR) is 81.0 cm³/mol. The monoisotopic (exact) mass is 322 g/mol. The summed E-state index contributed by atoms with van der Waals surface area (Å²) >= 11 is 3.37. The zero-order valence-electron chi connectivity index (χ0n) is 10.8. The first-order valence-electron chi connectivity index (χ1n) is 5.77. The number of nitrogens with zero attached hydrogens (tertiary/aromatic N) is 2. The molecular weight excluding hydrogens is 308 g/mol. The van der Waals surface area contributed by atoms with E-state index in [-0.39, 0.29) is 12.5 Å². The van der Waals surface area contributed by atoms with Gasteiger partial charge in [0.25, 0.3) is 0 Å². The highest BCUT2D eigenvalue weighted by atomic mass is 79.9. The largest absolute Gasteiger partial charge is 0.398 e. The second-order valence-electron chi connectivity index (χ2n) is 4.39. The highest BCUT2D eigenvalue weighted by molar-refractivity contribution is 9.10. The van der Waals surface area contributed by atoms with Gasteiger partial charge in [0.05, 0.1) is 17.7 Å². The molecule has 1 amide bonds. The Kier molecular flexibility index (Phi) is 3.90. The number of anilines is 2. The lowest BCUT2D eigenvalue weighted by molar-refractivity contribution is -0.126. The van der Waals surface area contributed by atoms with Gasteiger partial charge in [-0.15, -0.1) is 0 Å². The number of hydrogen-bond acceptors (Lipinski definition) is 4. The van der Waals surface area contributed by atoms with Crippen LogP contribution in [0.4, 0.5) is 11.4 Å². The van der Waals surface area contributed by atoms with Crippen LogP contribution < -0.4 is 11.1 Å². The van der Waals surface area contributed by atoms with Gasteiger partial charge in [-0.3, -0.25) is 9.78 Å². The van der Waals surface area contributed by atoms with Crippen LogP contribution in [0.3, 0.4) is 0 Å². The van der Waals surface area contributed by atoms with Gasteiger partial charge in [-0.1, -0.05) is 0 Å². The lowest BCUT2D eigenvalue weighted by Crippen LogP contribution is -2.28. The summed E-state index contributed by atoms with van der Waals surface area (Å²) in [5.74, 6) is 0.00193. The third-order valence-corrected chi connectivity index (χ3v) is 3.21. The molecule has 1 heterocycles. The standard InChI is InChI=1S/C13H15BrN4O/c1-18(2)12(19)7-16-11-4-3-10(15)9-5-8(14)6-17-13(9)11/h3-6,16H,7,15H2,1-2H3. The average molecular weight is 323 g/mol.